The fourth-order valence-corrected chi connectivity index (χ4v) is 4.22. The number of aromatic nitrogens is 1. The first-order valence-electron chi connectivity index (χ1n) is 13.0. The molecule has 2 rings (SSSR count). The smallest absolute Gasteiger partial charge is 0.327 e. The molecular formula is C26H40N8O5S. The van der Waals surface area contributed by atoms with E-state index in [9.17, 15) is 24.3 Å². The van der Waals surface area contributed by atoms with Crippen LogP contribution in [0.5, 0.6) is 0 Å². The molecule has 0 saturated carbocycles. The molecule has 0 saturated heterocycles. The fourth-order valence-electron chi connectivity index (χ4n) is 4.04. The van der Waals surface area contributed by atoms with Gasteiger partial charge in [0.25, 0.3) is 0 Å². The number of H-pyrrole nitrogens is 1. The summed E-state index contributed by atoms with van der Waals surface area (Å²) >= 11 is 4.24. The molecule has 0 spiro atoms. The molecule has 0 fully saturated rings. The van der Waals surface area contributed by atoms with Crippen LogP contribution in [0.3, 0.4) is 0 Å². The number of nitrogens with two attached hydrogens (primary N) is 2. The Kier molecular flexibility index (Phi) is 12.3. The van der Waals surface area contributed by atoms with Gasteiger partial charge in [0.15, 0.2) is 5.96 Å². The van der Waals surface area contributed by atoms with Gasteiger partial charge in [-0.1, -0.05) is 18.2 Å². The van der Waals surface area contributed by atoms with Gasteiger partial charge in [-0.2, -0.15) is 12.6 Å². The summed E-state index contributed by atoms with van der Waals surface area (Å²) in [5, 5.41) is 28.0. The number of carboxylic acid groups (broad SMARTS) is 1. The maximum absolute atomic E-state index is 13.1. The lowest BCUT2D eigenvalue weighted by molar-refractivity contribution is -0.142. The lowest BCUT2D eigenvalue weighted by Crippen LogP contribution is -2.53. The maximum atomic E-state index is 13.1. The zero-order valence-corrected chi connectivity index (χ0v) is 23.6. The number of guanidine groups is 1. The second-order valence-corrected chi connectivity index (χ2v) is 11.3. The normalized spacial score (nSPS) is 13.6. The third-order valence-corrected chi connectivity index (χ3v) is 6.47. The molecule has 3 atom stereocenters. The number of nitrogens with one attached hydrogen (secondary N) is 6. The summed E-state index contributed by atoms with van der Waals surface area (Å²) in [5.41, 5.74) is 13.0. The van der Waals surface area contributed by atoms with E-state index < -0.39 is 46.6 Å². The Bertz CT molecular complexity index is 1200. The first-order chi connectivity index (χ1) is 18.8. The van der Waals surface area contributed by atoms with Crippen molar-refractivity contribution in [2.75, 3.05) is 13.1 Å². The van der Waals surface area contributed by atoms with Crippen molar-refractivity contribution in [3.63, 3.8) is 0 Å². The van der Waals surface area contributed by atoms with E-state index in [1.807, 2.05) is 24.3 Å². The maximum Gasteiger partial charge on any atom is 0.327 e. The van der Waals surface area contributed by atoms with Crippen molar-refractivity contribution in [2.45, 2.75) is 68.8 Å². The zero-order chi connectivity index (χ0) is 29.9. The van der Waals surface area contributed by atoms with E-state index in [0.29, 0.717) is 19.4 Å². The predicted octanol–water partition coefficient (Wildman–Crippen LogP) is -0.0400. The molecule has 0 unspecified atom stereocenters. The van der Waals surface area contributed by atoms with Gasteiger partial charge < -0.3 is 42.8 Å². The Balaban J connectivity index is 1.99. The summed E-state index contributed by atoms with van der Waals surface area (Å²) in [6.45, 7) is 3.71. The van der Waals surface area contributed by atoms with Crippen LogP contribution in [0.1, 0.15) is 45.1 Å². The monoisotopic (exact) mass is 576 g/mol. The van der Waals surface area contributed by atoms with E-state index in [1.165, 1.54) is 0 Å². The van der Waals surface area contributed by atoms with Crippen molar-refractivity contribution in [1.82, 2.24) is 26.3 Å². The van der Waals surface area contributed by atoms with Gasteiger partial charge in [-0.15, -0.1) is 0 Å². The van der Waals surface area contributed by atoms with E-state index in [1.54, 1.807) is 20.0 Å². The molecule has 0 aliphatic rings. The number of benzene rings is 1. The van der Waals surface area contributed by atoms with Crippen LogP contribution in [0.4, 0.5) is 0 Å². The molecule has 2 aromatic rings. The Labute approximate surface area is 238 Å². The van der Waals surface area contributed by atoms with Crippen molar-refractivity contribution in [3.05, 3.63) is 36.0 Å². The first kappa shape index (κ1) is 32.4. The lowest BCUT2D eigenvalue weighted by atomic mass is 10.0. The Morgan fingerprint density at radius 2 is 1.75 bits per heavy atom. The molecule has 14 heteroatoms. The van der Waals surface area contributed by atoms with Gasteiger partial charge in [0, 0.05) is 47.8 Å². The van der Waals surface area contributed by atoms with Crippen LogP contribution in [0, 0.1) is 5.41 Å². The van der Waals surface area contributed by atoms with Gasteiger partial charge in [0.05, 0.1) is 6.04 Å². The Morgan fingerprint density at radius 1 is 1.07 bits per heavy atom. The van der Waals surface area contributed by atoms with Crippen LogP contribution in [-0.4, -0.2) is 75.7 Å². The average Bonchev–Trinajstić information content (AvgIpc) is 3.28. The molecule has 40 heavy (non-hydrogen) atoms. The predicted molar refractivity (Wildman–Crippen MR) is 156 cm³/mol. The first-order valence-corrected chi connectivity index (χ1v) is 13.5. The molecule has 0 aliphatic heterocycles. The molecular weight excluding hydrogens is 536 g/mol. The van der Waals surface area contributed by atoms with Crippen LogP contribution < -0.4 is 32.7 Å². The number of carbonyl (C=O) groups is 4. The van der Waals surface area contributed by atoms with E-state index >= 15 is 0 Å². The topological polar surface area (TPSA) is 228 Å². The van der Waals surface area contributed by atoms with Gasteiger partial charge >= 0.3 is 5.97 Å². The highest BCUT2D eigenvalue weighted by Gasteiger charge is 2.33. The molecule has 0 aliphatic carbocycles. The second-order valence-electron chi connectivity index (χ2n) is 10.1. The highest BCUT2D eigenvalue weighted by Crippen LogP contribution is 2.20. The molecule has 13 nitrogen and oxygen atoms in total. The van der Waals surface area contributed by atoms with Crippen molar-refractivity contribution in [1.29, 1.82) is 5.41 Å². The number of carboxylic acids is 1. The molecule has 1 heterocycles. The summed E-state index contributed by atoms with van der Waals surface area (Å²) in [6.07, 6.45) is 3.07. The SMILES string of the molecule is CC(C)(S)[C@H](NC(=O)CCCNC(=O)[C@H](Cc1c[nH]c2ccccc12)NC(=O)[C@@H](N)CCCNC(=N)N)C(=O)O. The minimum Gasteiger partial charge on any atom is -0.480 e. The number of para-hydroxylation sites is 1. The lowest BCUT2D eigenvalue weighted by Gasteiger charge is -2.26. The van der Waals surface area contributed by atoms with E-state index in [0.717, 1.165) is 16.5 Å². The van der Waals surface area contributed by atoms with E-state index in [2.05, 4.69) is 38.9 Å². The number of thiol groups is 1. The summed E-state index contributed by atoms with van der Waals surface area (Å²) in [7, 11) is 0. The van der Waals surface area contributed by atoms with Crippen LogP contribution in [0.25, 0.3) is 10.9 Å². The van der Waals surface area contributed by atoms with Crippen LogP contribution >= 0.6 is 12.6 Å². The van der Waals surface area contributed by atoms with Crippen LogP contribution in [0.2, 0.25) is 0 Å². The number of hydrogen-bond acceptors (Lipinski definition) is 7. The van der Waals surface area contributed by atoms with Gasteiger partial charge in [0.1, 0.15) is 12.1 Å². The van der Waals surface area contributed by atoms with E-state index in [-0.39, 0.29) is 31.8 Å². The van der Waals surface area contributed by atoms with Crippen molar-refractivity contribution >= 4 is 53.2 Å². The summed E-state index contributed by atoms with van der Waals surface area (Å²) in [5.74, 6) is -2.76. The van der Waals surface area contributed by atoms with Crippen molar-refractivity contribution in [2.24, 2.45) is 11.5 Å². The number of aliphatic carboxylic acids is 1. The standard InChI is InChI=1S/C26H40N8O5S/c1-26(2,40)21(24(38)39)34-20(35)10-6-11-30-23(37)19(13-15-14-32-18-9-4-3-7-16(15)18)33-22(36)17(27)8-5-12-31-25(28)29/h3-4,7,9,14,17,19,21,32,40H,5-6,8,10-13,27H2,1-2H3,(H,30,37)(H,33,36)(H,34,35)(H,38,39)(H4,28,29,31)/t17-,19-,21+/m0/s1. The molecule has 1 aromatic heterocycles. The summed E-state index contributed by atoms with van der Waals surface area (Å²) in [4.78, 5) is 52.8. The van der Waals surface area contributed by atoms with Crippen molar-refractivity contribution < 1.29 is 24.3 Å². The number of rotatable bonds is 16. The number of carbonyl (C=O) groups excluding carboxylic acids is 3. The fraction of sp³-hybridized carbons (Fsp3) is 0.500. The zero-order valence-electron chi connectivity index (χ0n) is 22.8. The molecule has 0 bridgehead atoms. The largest absolute Gasteiger partial charge is 0.480 e. The third-order valence-electron chi connectivity index (χ3n) is 6.21. The average molecular weight is 577 g/mol. The quantitative estimate of drug-likeness (QED) is 0.0563. The minimum atomic E-state index is -1.19. The minimum absolute atomic E-state index is 0.00738. The third kappa shape index (κ3) is 10.4. The number of hydrogen-bond donors (Lipinski definition) is 10. The molecule has 220 valence electrons. The second kappa shape index (κ2) is 15.1. The van der Waals surface area contributed by atoms with Crippen LogP contribution in [0.15, 0.2) is 30.5 Å². The number of fused-ring (bicyclic) bond motifs is 1. The number of aromatic amines is 1. The highest BCUT2D eigenvalue weighted by atomic mass is 32.1. The van der Waals surface area contributed by atoms with Gasteiger partial charge in [0.2, 0.25) is 17.7 Å². The molecule has 1 aromatic carbocycles. The molecule has 0 radical (unpaired) electrons. The van der Waals surface area contributed by atoms with Gasteiger partial charge in [-0.25, -0.2) is 4.79 Å². The van der Waals surface area contributed by atoms with E-state index in [4.69, 9.17) is 16.9 Å². The summed E-state index contributed by atoms with van der Waals surface area (Å²) < 4.78 is -0.964. The molecule has 3 amide bonds. The Morgan fingerprint density at radius 3 is 2.40 bits per heavy atom. The highest BCUT2D eigenvalue weighted by molar-refractivity contribution is 7.81. The molecule has 11 N–H and O–H groups in total. The van der Waals surface area contributed by atoms with Crippen molar-refractivity contribution in [3.8, 4) is 0 Å². The van der Waals surface area contributed by atoms with Gasteiger partial charge in [-0.3, -0.25) is 19.8 Å². The van der Waals surface area contributed by atoms with Gasteiger partial charge in [-0.05, 0) is 44.7 Å². The number of amides is 3. The van der Waals surface area contributed by atoms with Crippen LogP contribution in [-0.2, 0) is 25.6 Å². The Hall–Kier alpha value is -3.78. The summed E-state index contributed by atoms with van der Waals surface area (Å²) in [6, 6.07) is 4.63.